The first-order chi connectivity index (χ1) is 12.1. The minimum Gasteiger partial charge on any atom is -0.506 e. The molecule has 2 aromatic carbocycles. The second-order valence-electron chi connectivity index (χ2n) is 5.84. The van der Waals surface area contributed by atoms with E-state index in [2.05, 4.69) is 9.64 Å². The van der Waals surface area contributed by atoms with Gasteiger partial charge in [-0.25, -0.2) is 4.79 Å². The summed E-state index contributed by atoms with van der Waals surface area (Å²) < 4.78 is 4.66. The molecule has 3 rings (SSSR count). The van der Waals surface area contributed by atoms with Gasteiger partial charge in [0.1, 0.15) is 5.75 Å². The first kappa shape index (κ1) is 16.8. The Balaban J connectivity index is 1.63. The molecule has 2 aromatic rings. The number of benzene rings is 2. The Kier molecular flexibility index (Phi) is 4.88. The van der Waals surface area contributed by atoms with Crippen molar-refractivity contribution in [2.24, 2.45) is 0 Å². The number of carbonyl (C=O) groups is 2. The molecule has 0 radical (unpaired) electrons. The molecule has 1 saturated heterocycles. The third kappa shape index (κ3) is 3.57. The standard InChI is InChI=1S/C19H20N2O4/c1-25-19(24)15-8-6-14(7-9-15)18(23)21-12-10-20(11-13-21)16-4-2-3-5-17(16)22/h2-9,22H,10-13H2,1H3. The quantitative estimate of drug-likeness (QED) is 0.867. The molecular formula is C19H20N2O4. The first-order valence-electron chi connectivity index (χ1n) is 8.11. The van der Waals surface area contributed by atoms with Gasteiger partial charge in [-0.05, 0) is 36.4 Å². The van der Waals surface area contributed by atoms with Crippen LogP contribution in [0.3, 0.4) is 0 Å². The average Bonchev–Trinajstić information content (AvgIpc) is 2.67. The van der Waals surface area contributed by atoms with Gasteiger partial charge in [0.2, 0.25) is 0 Å². The van der Waals surface area contributed by atoms with Gasteiger partial charge in [-0.3, -0.25) is 4.79 Å². The van der Waals surface area contributed by atoms with E-state index in [1.54, 1.807) is 41.3 Å². The molecule has 25 heavy (non-hydrogen) atoms. The van der Waals surface area contributed by atoms with Crippen LogP contribution in [0.25, 0.3) is 0 Å². The van der Waals surface area contributed by atoms with Crippen molar-refractivity contribution < 1.29 is 19.4 Å². The number of phenols is 1. The van der Waals surface area contributed by atoms with Gasteiger partial charge in [-0.15, -0.1) is 0 Å². The Hall–Kier alpha value is -3.02. The summed E-state index contributed by atoms with van der Waals surface area (Å²) in [5.74, 6) is -0.232. The zero-order valence-electron chi connectivity index (χ0n) is 14.0. The van der Waals surface area contributed by atoms with Crippen LogP contribution < -0.4 is 4.90 Å². The van der Waals surface area contributed by atoms with Crippen molar-refractivity contribution in [2.75, 3.05) is 38.2 Å². The van der Waals surface area contributed by atoms with Crippen LogP contribution >= 0.6 is 0 Å². The summed E-state index contributed by atoms with van der Waals surface area (Å²) in [6.07, 6.45) is 0. The van der Waals surface area contributed by atoms with Crippen LogP contribution in [0, 0.1) is 0 Å². The van der Waals surface area contributed by atoms with E-state index in [9.17, 15) is 14.7 Å². The summed E-state index contributed by atoms with van der Waals surface area (Å²) in [4.78, 5) is 27.9. The highest BCUT2D eigenvalue weighted by molar-refractivity contribution is 5.96. The van der Waals surface area contributed by atoms with Gasteiger partial charge in [0.25, 0.3) is 5.91 Å². The predicted molar refractivity (Wildman–Crippen MR) is 94.0 cm³/mol. The van der Waals surface area contributed by atoms with Crippen LogP contribution in [0.5, 0.6) is 5.75 Å². The number of phenolic OH excluding ortho intramolecular Hbond substituents is 1. The lowest BCUT2D eigenvalue weighted by Gasteiger charge is -2.36. The van der Waals surface area contributed by atoms with E-state index in [-0.39, 0.29) is 11.7 Å². The van der Waals surface area contributed by atoms with Crippen LogP contribution in [-0.2, 0) is 4.74 Å². The maximum atomic E-state index is 12.6. The number of carbonyl (C=O) groups excluding carboxylic acids is 2. The molecule has 0 spiro atoms. The highest BCUT2D eigenvalue weighted by Crippen LogP contribution is 2.27. The third-order valence-electron chi connectivity index (χ3n) is 4.34. The van der Waals surface area contributed by atoms with Gasteiger partial charge < -0.3 is 19.6 Å². The van der Waals surface area contributed by atoms with E-state index in [4.69, 9.17) is 0 Å². The molecule has 0 saturated carbocycles. The lowest BCUT2D eigenvalue weighted by atomic mass is 10.1. The molecule has 1 N–H and O–H groups in total. The monoisotopic (exact) mass is 340 g/mol. The topological polar surface area (TPSA) is 70.1 Å². The molecule has 0 bridgehead atoms. The lowest BCUT2D eigenvalue weighted by Crippen LogP contribution is -2.48. The molecule has 0 aliphatic carbocycles. The van der Waals surface area contributed by atoms with Crippen LogP contribution in [-0.4, -0.2) is 55.2 Å². The summed E-state index contributed by atoms with van der Waals surface area (Å²) in [7, 11) is 1.32. The number of rotatable bonds is 3. The Labute approximate surface area is 146 Å². The van der Waals surface area contributed by atoms with Crippen molar-refractivity contribution in [1.82, 2.24) is 4.90 Å². The van der Waals surface area contributed by atoms with E-state index in [1.165, 1.54) is 7.11 Å². The van der Waals surface area contributed by atoms with E-state index >= 15 is 0 Å². The number of piperazine rings is 1. The SMILES string of the molecule is COC(=O)c1ccc(C(=O)N2CCN(c3ccccc3O)CC2)cc1. The van der Waals surface area contributed by atoms with E-state index < -0.39 is 5.97 Å². The molecule has 0 unspecified atom stereocenters. The summed E-state index contributed by atoms with van der Waals surface area (Å²) >= 11 is 0. The van der Waals surface area contributed by atoms with Crippen molar-refractivity contribution in [3.8, 4) is 5.75 Å². The van der Waals surface area contributed by atoms with Gasteiger partial charge in [0, 0.05) is 31.7 Å². The van der Waals surface area contributed by atoms with Gasteiger partial charge in [0.15, 0.2) is 0 Å². The average molecular weight is 340 g/mol. The maximum Gasteiger partial charge on any atom is 0.337 e. The van der Waals surface area contributed by atoms with Gasteiger partial charge in [-0.2, -0.15) is 0 Å². The third-order valence-corrected chi connectivity index (χ3v) is 4.34. The number of hydrogen-bond donors (Lipinski definition) is 1. The lowest BCUT2D eigenvalue weighted by molar-refractivity contribution is 0.0599. The Morgan fingerprint density at radius 2 is 1.52 bits per heavy atom. The van der Waals surface area contributed by atoms with Crippen LogP contribution in [0.15, 0.2) is 48.5 Å². The molecule has 0 aromatic heterocycles. The molecule has 1 aliphatic heterocycles. The fourth-order valence-corrected chi connectivity index (χ4v) is 2.93. The molecule has 6 heteroatoms. The molecule has 1 amide bonds. The van der Waals surface area contributed by atoms with Gasteiger partial charge >= 0.3 is 5.97 Å². The van der Waals surface area contributed by atoms with E-state index in [1.807, 2.05) is 12.1 Å². The summed E-state index contributed by atoms with van der Waals surface area (Å²) in [6, 6.07) is 13.7. The highest BCUT2D eigenvalue weighted by atomic mass is 16.5. The Morgan fingerprint density at radius 1 is 0.920 bits per heavy atom. The Bertz CT molecular complexity index is 765. The molecule has 130 valence electrons. The van der Waals surface area contributed by atoms with Crippen LogP contribution in [0.4, 0.5) is 5.69 Å². The molecule has 1 fully saturated rings. The molecule has 6 nitrogen and oxygen atoms in total. The maximum absolute atomic E-state index is 12.6. The zero-order valence-corrected chi connectivity index (χ0v) is 14.0. The van der Waals surface area contributed by atoms with E-state index in [0.29, 0.717) is 37.3 Å². The second-order valence-corrected chi connectivity index (χ2v) is 5.84. The number of methoxy groups -OCH3 is 1. The second kappa shape index (κ2) is 7.25. The van der Waals surface area contributed by atoms with E-state index in [0.717, 1.165) is 5.69 Å². The number of amides is 1. The van der Waals surface area contributed by atoms with Crippen LogP contribution in [0.1, 0.15) is 20.7 Å². The fraction of sp³-hybridized carbons (Fsp3) is 0.263. The highest BCUT2D eigenvalue weighted by Gasteiger charge is 2.23. The summed E-state index contributed by atoms with van der Waals surface area (Å²) in [5.41, 5.74) is 1.75. The summed E-state index contributed by atoms with van der Waals surface area (Å²) in [5, 5.41) is 9.95. The summed E-state index contributed by atoms with van der Waals surface area (Å²) in [6.45, 7) is 2.46. The Morgan fingerprint density at radius 3 is 2.12 bits per heavy atom. The number of ether oxygens (including phenoxy) is 1. The minimum atomic E-state index is -0.421. The molecule has 1 heterocycles. The molecule has 1 aliphatic rings. The van der Waals surface area contributed by atoms with Crippen LogP contribution in [0.2, 0.25) is 0 Å². The predicted octanol–water partition coefficient (Wildman–Crippen LogP) is 2.14. The van der Waals surface area contributed by atoms with Crippen molar-refractivity contribution >= 4 is 17.6 Å². The largest absolute Gasteiger partial charge is 0.506 e. The molecular weight excluding hydrogens is 320 g/mol. The number of aromatic hydroxyl groups is 1. The minimum absolute atomic E-state index is 0.0617. The number of anilines is 1. The van der Waals surface area contributed by atoms with Crippen molar-refractivity contribution in [2.45, 2.75) is 0 Å². The van der Waals surface area contributed by atoms with Crippen molar-refractivity contribution in [3.05, 3.63) is 59.7 Å². The number of esters is 1. The fourth-order valence-electron chi connectivity index (χ4n) is 2.93. The first-order valence-corrected chi connectivity index (χ1v) is 8.11. The smallest absolute Gasteiger partial charge is 0.337 e. The normalized spacial score (nSPS) is 14.3. The van der Waals surface area contributed by atoms with Gasteiger partial charge in [0.05, 0.1) is 18.4 Å². The molecule has 0 atom stereocenters. The number of nitrogens with zero attached hydrogens (tertiary/aromatic N) is 2. The van der Waals surface area contributed by atoms with Gasteiger partial charge in [-0.1, -0.05) is 12.1 Å². The van der Waals surface area contributed by atoms with Crippen molar-refractivity contribution in [1.29, 1.82) is 0 Å². The number of hydrogen-bond acceptors (Lipinski definition) is 5. The number of para-hydroxylation sites is 2. The zero-order chi connectivity index (χ0) is 17.8. The van der Waals surface area contributed by atoms with Crippen molar-refractivity contribution in [3.63, 3.8) is 0 Å².